The first-order chi connectivity index (χ1) is 11.9. The molecular formula is C17H21ClN4O3. The molecule has 0 saturated carbocycles. The van der Waals surface area contributed by atoms with Gasteiger partial charge in [0.1, 0.15) is 11.3 Å². The Morgan fingerprint density at radius 3 is 2.64 bits per heavy atom. The number of carbonyl (C=O) groups is 2. The topological polar surface area (TPSA) is 74.2 Å². The van der Waals surface area contributed by atoms with Crippen molar-refractivity contribution in [3.63, 3.8) is 0 Å². The van der Waals surface area contributed by atoms with Crippen molar-refractivity contribution in [2.45, 2.75) is 18.4 Å². The SMILES string of the molecule is CN(C)C1=NC2(CCN(C(=O)COc3ccccc3Cl)CC2)C(=O)N1. The summed E-state index contributed by atoms with van der Waals surface area (Å²) < 4.78 is 5.50. The van der Waals surface area contributed by atoms with Gasteiger partial charge in [-0.15, -0.1) is 0 Å². The molecule has 1 aromatic rings. The number of likely N-dealkylation sites (tertiary alicyclic amines) is 1. The number of aliphatic imine (C=N–C) groups is 1. The number of hydrogen-bond acceptors (Lipinski definition) is 5. The zero-order valence-electron chi connectivity index (χ0n) is 14.3. The van der Waals surface area contributed by atoms with Crippen molar-refractivity contribution in [2.24, 2.45) is 4.99 Å². The molecular weight excluding hydrogens is 344 g/mol. The van der Waals surface area contributed by atoms with Gasteiger partial charge in [0.25, 0.3) is 11.8 Å². The van der Waals surface area contributed by atoms with Gasteiger partial charge >= 0.3 is 0 Å². The maximum atomic E-state index is 12.4. The van der Waals surface area contributed by atoms with Crippen molar-refractivity contribution in [3.8, 4) is 5.75 Å². The molecule has 1 saturated heterocycles. The number of hydrogen-bond donors (Lipinski definition) is 1. The smallest absolute Gasteiger partial charge is 0.260 e. The summed E-state index contributed by atoms with van der Waals surface area (Å²) >= 11 is 6.02. The van der Waals surface area contributed by atoms with Crippen LogP contribution in [0.25, 0.3) is 0 Å². The van der Waals surface area contributed by atoms with Gasteiger partial charge in [-0.25, -0.2) is 4.99 Å². The van der Waals surface area contributed by atoms with Crippen LogP contribution in [0.5, 0.6) is 5.75 Å². The summed E-state index contributed by atoms with van der Waals surface area (Å²) in [5.74, 6) is 0.855. The molecule has 8 heteroatoms. The van der Waals surface area contributed by atoms with Crippen LogP contribution in [0.3, 0.4) is 0 Å². The van der Waals surface area contributed by atoms with Crippen molar-refractivity contribution in [2.75, 3.05) is 33.8 Å². The van der Waals surface area contributed by atoms with E-state index in [1.165, 1.54) is 0 Å². The zero-order valence-corrected chi connectivity index (χ0v) is 15.0. The second kappa shape index (κ2) is 6.92. The second-order valence-electron chi connectivity index (χ2n) is 6.42. The molecule has 0 radical (unpaired) electrons. The molecule has 2 amide bonds. The van der Waals surface area contributed by atoms with Gasteiger partial charge in [-0.1, -0.05) is 23.7 Å². The average Bonchev–Trinajstić information content (AvgIpc) is 2.91. The molecule has 0 aliphatic carbocycles. The minimum Gasteiger partial charge on any atom is -0.482 e. The van der Waals surface area contributed by atoms with Crippen molar-refractivity contribution in [1.82, 2.24) is 15.1 Å². The first-order valence-electron chi connectivity index (χ1n) is 8.15. The summed E-state index contributed by atoms with van der Waals surface area (Å²) in [6.07, 6.45) is 1.02. The summed E-state index contributed by atoms with van der Waals surface area (Å²) in [5, 5.41) is 3.28. The van der Waals surface area contributed by atoms with Crippen LogP contribution >= 0.6 is 11.6 Å². The van der Waals surface area contributed by atoms with Gasteiger partial charge in [0, 0.05) is 27.2 Å². The Labute approximate surface area is 151 Å². The van der Waals surface area contributed by atoms with Gasteiger partial charge < -0.3 is 14.5 Å². The third-order valence-electron chi connectivity index (χ3n) is 4.52. The van der Waals surface area contributed by atoms with E-state index in [0.29, 0.717) is 42.7 Å². The van der Waals surface area contributed by atoms with Crippen LogP contribution < -0.4 is 10.1 Å². The van der Waals surface area contributed by atoms with E-state index in [2.05, 4.69) is 10.3 Å². The molecule has 134 valence electrons. The predicted molar refractivity (Wildman–Crippen MR) is 94.8 cm³/mol. The molecule has 1 aromatic carbocycles. The Balaban J connectivity index is 1.56. The number of piperidine rings is 1. The minimum absolute atomic E-state index is 0.0743. The van der Waals surface area contributed by atoms with E-state index in [-0.39, 0.29) is 18.4 Å². The molecule has 2 aliphatic rings. The van der Waals surface area contributed by atoms with Crippen LogP contribution in [-0.4, -0.2) is 66.9 Å². The van der Waals surface area contributed by atoms with Gasteiger partial charge in [-0.05, 0) is 25.0 Å². The Kier molecular flexibility index (Phi) is 4.85. The summed E-state index contributed by atoms with van der Waals surface area (Å²) in [7, 11) is 3.67. The highest BCUT2D eigenvalue weighted by atomic mass is 35.5. The highest BCUT2D eigenvalue weighted by molar-refractivity contribution is 6.32. The fourth-order valence-electron chi connectivity index (χ4n) is 2.97. The van der Waals surface area contributed by atoms with E-state index in [4.69, 9.17) is 16.3 Å². The number of guanidine groups is 1. The minimum atomic E-state index is -0.750. The number of nitrogens with one attached hydrogen (secondary N) is 1. The largest absolute Gasteiger partial charge is 0.482 e. The lowest BCUT2D eigenvalue weighted by Crippen LogP contribution is -2.51. The molecule has 1 fully saturated rings. The van der Waals surface area contributed by atoms with E-state index < -0.39 is 5.54 Å². The van der Waals surface area contributed by atoms with Gasteiger partial charge in [0.2, 0.25) is 5.96 Å². The molecule has 1 spiro atoms. The maximum Gasteiger partial charge on any atom is 0.260 e. The first kappa shape index (κ1) is 17.5. The molecule has 0 unspecified atom stereocenters. The Bertz CT molecular complexity index is 712. The highest BCUT2D eigenvalue weighted by Gasteiger charge is 2.46. The van der Waals surface area contributed by atoms with E-state index >= 15 is 0 Å². The number of halogens is 1. The van der Waals surface area contributed by atoms with Crippen molar-refractivity contribution in [1.29, 1.82) is 0 Å². The maximum absolute atomic E-state index is 12.4. The Morgan fingerprint density at radius 2 is 2.04 bits per heavy atom. The van der Waals surface area contributed by atoms with Gasteiger partial charge in [-0.2, -0.15) is 0 Å². The van der Waals surface area contributed by atoms with E-state index in [9.17, 15) is 9.59 Å². The fourth-order valence-corrected chi connectivity index (χ4v) is 3.16. The van der Waals surface area contributed by atoms with Gasteiger partial charge in [0.15, 0.2) is 6.61 Å². The number of amides is 2. The summed E-state index contributed by atoms with van der Waals surface area (Å²) in [4.78, 5) is 32.7. The molecule has 0 atom stereocenters. The quantitative estimate of drug-likeness (QED) is 0.872. The van der Waals surface area contributed by atoms with Crippen molar-refractivity contribution < 1.29 is 14.3 Å². The number of benzene rings is 1. The van der Waals surface area contributed by atoms with Crippen LogP contribution in [0, 0.1) is 0 Å². The van der Waals surface area contributed by atoms with Crippen LogP contribution in [0.15, 0.2) is 29.3 Å². The van der Waals surface area contributed by atoms with Crippen molar-refractivity contribution >= 4 is 29.4 Å². The molecule has 2 aliphatic heterocycles. The monoisotopic (exact) mass is 364 g/mol. The molecule has 0 aromatic heterocycles. The summed E-state index contributed by atoms with van der Waals surface area (Å²) in [6.45, 7) is 0.875. The zero-order chi connectivity index (χ0) is 18.0. The lowest BCUT2D eigenvalue weighted by atomic mass is 9.88. The van der Waals surface area contributed by atoms with E-state index in [0.717, 1.165) is 0 Å². The summed E-state index contributed by atoms with van der Waals surface area (Å²) in [5.41, 5.74) is -0.750. The van der Waals surface area contributed by atoms with E-state index in [1.54, 1.807) is 34.1 Å². The summed E-state index contributed by atoms with van der Waals surface area (Å²) in [6, 6.07) is 7.04. The van der Waals surface area contributed by atoms with Gasteiger partial charge in [-0.3, -0.25) is 14.9 Å². The highest BCUT2D eigenvalue weighted by Crippen LogP contribution is 2.30. The van der Waals surface area contributed by atoms with Gasteiger partial charge in [0.05, 0.1) is 5.02 Å². The third-order valence-corrected chi connectivity index (χ3v) is 4.83. The predicted octanol–water partition coefficient (Wildman–Crippen LogP) is 1.13. The van der Waals surface area contributed by atoms with Crippen LogP contribution in [0.1, 0.15) is 12.8 Å². The standard InChI is InChI=1S/C17H21ClN4O3/c1-21(2)16-19-15(24)17(20-16)7-9-22(10-8-17)14(23)11-25-13-6-4-3-5-12(13)18/h3-6H,7-11H2,1-2H3,(H,19,20,24). The molecule has 1 N–H and O–H groups in total. The molecule has 2 heterocycles. The third kappa shape index (κ3) is 3.56. The number of para-hydroxylation sites is 1. The number of nitrogens with zero attached hydrogens (tertiary/aromatic N) is 3. The molecule has 3 rings (SSSR count). The number of carbonyl (C=O) groups excluding carboxylic acids is 2. The Hall–Kier alpha value is -2.28. The lowest BCUT2D eigenvalue weighted by molar-refractivity contribution is -0.137. The molecule has 0 bridgehead atoms. The number of ether oxygens (including phenoxy) is 1. The van der Waals surface area contributed by atoms with E-state index in [1.807, 2.05) is 14.1 Å². The Morgan fingerprint density at radius 1 is 1.36 bits per heavy atom. The molecule has 25 heavy (non-hydrogen) atoms. The molecule has 7 nitrogen and oxygen atoms in total. The van der Waals surface area contributed by atoms with Crippen LogP contribution in [0.2, 0.25) is 5.02 Å². The first-order valence-corrected chi connectivity index (χ1v) is 8.53. The average molecular weight is 365 g/mol. The van der Waals surface area contributed by atoms with Crippen LogP contribution in [-0.2, 0) is 9.59 Å². The number of rotatable bonds is 3. The van der Waals surface area contributed by atoms with Crippen molar-refractivity contribution in [3.05, 3.63) is 29.3 Å². The normalized spacial score (nSPS) is 18.8. The second-order valence-corrected chi connectivity index (χ2v) is 6.82. The lowest BCUT2D eigenvalue weighted by Gasteiger charge is -2.35. The van der Waals surface area contributed by atoms with Crippen LogP contribution in [0.4, 0.5) is 0 Å². The fraction of sp³-hybridized carbons (Fsp3) is 0.471.